The number of aryl methyl sites for hydroxylation is 2. The molecule has 1 saturated heterocycles. The molecular formula is C17H29IN6O2S. The Labute approximate surface area is 178 Å². The molecule has 2 atom stereocenters. The zero-order valence-corrected chi connectivity index (χ0v) is 19.1. The molecule has 0 saturated carbocycles. The van der Waals surface area contributed by atoms with Crippen LogP contribution >= 0.6 is 24.0 Å². The average molecular weight is 508 g/mol. The van der Waals surface area contributed by atoms with Crippen LogP contribution in [0.2, 0.25) is 0 Å². The SMILES string of the molecule is C=C(C)CN=C(NCC1CCS(=O)(=O)C1)NC1CCc2nc(C)nn2C1.I. The molecule has 1 fully saturated rings. The molecule has 3 rings (SSSR count). The van der Waals surface area contributed by atoms with Crippen LogP contribution in [0.4, 0.5) is 0 Å². The Morgan fingerprint density at radius 1 is 1.41 bits per heavy atom. The molecule has 1 aromatic heterocycles. The van der Waals surface area contributed by atoms with Gasteiger partial charge in [0.2, 0.25) is 0 Å². The van der Waals surface area contributed by atoms with E-state index in [9.17, 15) is 8.42 Å². The van der Waals surface area contributed by atoms with Crippen LogP contribution < -0.4 is 10.6 Å². The number of hydrogen-bond donors (Lipinski definition) is 2. The Balaban J connectivity index is 0.00000261. The van der Waals surface area contributed by atoms with Gasteiger partial charge in [0.25, 0.3) is 0 Å². The standard InChI is InChI=1S/C17H28N6O2S.HI/c1-12(2)8-18-17(19-9-14-6-7-26(24,25)11-14)21-15-4-5-16-20-13(3)22-23(16)10-15;/h14-15H,1,4-11H2,2-3H3,(H2,18,19,21);1H. The summed E-state index contributed by atoms with van der Waals surface area (Å²) < 4.78 is 25.2. The first kappa shape index (κ1) is 22.1. The third-order valence-corrected chi connectivity index (χ3v) is 6.53. The van der Waals surface area contributed by atoms with E-state index >= 15 is 0 Å². The summed E-state index contributed by atoms with van der Waals surface area (Å²) in [7, 11) is -2.86. The zero-order valence-electron chi connectivity index (χ0n) is 15.9. The van der Waals surface area contributed by atoms with E-state index in [1.54, 1.807) is 0 Å². The van der Waals surface area contributed by atoms with Gasteiger partial charge in [-0.25, -0.2) is 23.1 Å². The topological polar surface area (TPSA) is 101 Å². The van der Waals surface area contributed by atoms with Gasteiger partial charge in [0.1, 0.15) is 11.6 Å². The molecule has 3 heterocycles. The smallest absolute Gasteiger partial charge is 0.191 e. The van der Waals surface area contributed by atoms with Crippen molar-refractivity contribution in [1.29, 1.82) is 0 Å². The minimum Gasteiger partial charge on any atom is -0.356 e. The Hall–Kier alpha value is -1.17. The first-order valence-corrected chi connectivity index (χ1v) is 10.9. The number of aromatic nitrogens is 3. The second-order valence-electron chi connectivity index (χ2n) is 7.41. The molecule has 0 aromatic carbocycles. The van der Waals surface area contributed by atoms with Crippen molar-refractivity contribution in [1.82, 2.24) is 25.4 Å². The van der Waals surface area contributed by atoms with Gasteiger partial charge in [-0.3, -0.25) is 0 Å². The predicted octanol–water partition coefficient (Wildman–Crippen LogP) is 1.07. The molecule has 2 N–H and O–H groups in total. The minimum absolute atomic E-state index is 0. The van der Waals surface area contributed by atoms with E-state index in [1.165, 1.54) is 0 Å². The maximum absolute atomic E-state index is 11.6. The maximum Gasteiger partial charge on any atom is 0.191 e. The number of halogens is 1. The summed E-state index contributed by atoms with van der Waals surface area (Å²) in [6.07, 6.45) is 2.56. The molecule has 0 radical (unpaired) electrons. The fourth-order valence-electron chi connectivity index (χ4n) is 3.39. The highest BCUT2D eigenvalue weighted by atomic mass is 127. The van der Waals surface area contributed by atoms with Gasteiger partial charge in [0, 0.05) is 19.0 Å². The lowest BCUT2D eigenvalue weighted by molar-refractivity contribution is 0.391. The molecule has 1 aromatic rings. The van der Waals surface area contributed by atoms with Crippen molar-refractivity contribution in [3.05, 3.63) is 23.8 Å². The highest BCUT2D eigenvalue weighted by Gasteiger charge is 2.28. The first-order chi connectivity index (χ1) is 12.3. The van der Waals surface area contributed by atoms with E-state index in [0.29, 0.717) is 31.2 Å². The van der Waals surface area contributed by atoms with Crippen LogP contribution in [-0.4, -0.2) is 59.8 Å². The van der Waals surface area contributed by atoms with Crippen LogP contribution in [-0.2, 0) is 22.8 Å². The van der Waals surface area contributed by atoms with Crippen LogP contribution in [0.5, 0.6) is 0 Å². The zero-order chi connectivity index (χ0) is 18.7. The first-order valence-electron chi connectivity index (χ1n) is 9.11. The molecule has 2 aliphatic heterocycles. The van der Waals surface area contributed by atoms with Gasteiger partial charge in [0.15, 0.2) is 15.8 Å². The Morgan fingerprint density at radius 2 is 2.19 bits per heavy atom. The van der Waals surface area contributed by atoms with Crippen LogP contribution in [0.25, 0.3) is 0 Å². The van der Waals surface area contributed by atoms with Crippen LogP contribution in [0, 0.1) is 12.8 Å². The molecule has 10 heteroatoms. The predicted molar refractivity (Wildman–Crippen MR) is 117 cm³/mol. The molecule has 0 spiro atoms. The van der Waals surface area contributed by atoms with Crippen molar-refractivity contribution in [2.24, 2.45) is 10.9 Å². The molecule has 0 bridgehead atoms. The highest BCUT2D eigenvalue weighted by molar-refractivity contribution is 14.0. The van der Waals surface area contributed by atoms with Crippen molar-refractivity contribution in [2.45, 2.75) is 45.7 Å². The lowest BCUT2D eigenvalue weighted by Gasteiger charge is -2.26. The van der Waals surface area contributed by atoms with Crippen LogP contribution in [0.3, 0.4) is 0 Å². The fraction of sp³-hybridized carbons (Fsp3) is 0.706. The summed E-state index contributed by atoms with van der Waals surface area (Å²) in [5.41, 5.74) is 0.979. The van der Waals surface area contributed by atoms with Crippen molar-refractivity contribution in [3.63, 3.8) is 0 Å². The van der Waals surface area contributed by atoms with E-state index < -0.39 is 9.84 Å². The molecule has 0 aliphatic carbocycles. The quantitative estimate of drug-likeness (QED) is 0.267. The number of nitrogens with one attached hydrogen (secondary N) is 2. The number of nitrogens with zero attached hydrogens (tertiary/aromatic N) is 4. The van der Waals surface area contributed by atoms with Gasteiger partial charge in [-0.05, 0) is 32.6 Å². The summed E-state index contributed by atoms with van der Waals surface area (Å²) in [4.78, 5) is 9.01. The summed E-state index contributed by atoms with van der Waals surface area (Å²) >= 11 is 0. The van der Waals surface area contributed by atoms with E-state index in [2.05, 4.69) is 32.3 Å². The van der Waals surface area contributed by atoms with E-state index in [-0.39, 0.29) is 41.7 Å². The Bertz CT molecular complexity index is 804. The second-order valence-corrected chi connectivity index (χ2v) is 9.64. The molecule has 27 heavy (non-hydrogen) atoms. The van der Waals surface area contributed by atoms with Gasteiger partial charge in [0.05, 0.1) is 24.6 Å². The summed E-state index contributed by atoms with van der Waals surface area (Å²) in [5, 5.41) is 11.2. The summed E-state index contributed by atoms with van der Waals surface area (Å²) in [6, 6.07) is 0.215. The number of sulfone groups is 1. The number of fused-ring (bicyclic) bond motifs is 1. The van der Waals surface area contributed by atoms with Gasteiger partial charge in [-0.2, -0.15) is 5.10 Å². The summed E-state index contributed by atoms with van der Waals surface area (Å²) in [6.45, 7) is 9.65. The molecule has 152 valence electrons. The third-order valence-electron chi connectivity index (χ3n) is 4.70. The molecule has 0 amide bonds. The lowest BCUT2D eigenvalue weighted by Crippen LogP contribution is -2.48. The minimum atomic E-state index is -2.86. The Morgan fingerprint density at radius 3 is 2.85 bits per heavy atom. The number of guanidine groups is 1. The normalized spacial score (nSPS) is 24.0. The summed E-state index contributed by atoms with van der Waals surface area (Å²) in [5.74, 6) is 3.25. The molecule has 2 unspecified atom stereocenters. The Kier molecular flexibility index (Phi) is 7.66. The monoisotopic (exact) mass is 508 g/mol. The maximum atomic E-state index is 11.6. The average Bonchev–Trinajstić information content (AvgIpc) is 3.10. The van der Waals surface area contributed by atoms with Crippen molar-refractivity contribution in [3.8, 4) is 0 Å². The van der Waals surface area contributed by atoms with E-state index in [1.807, 2.05) is 18.5 Å². The molecule has 2 aliphatic rings. The molecular weight excluding hydrogens is 479 g/mol. The van der Waals surface area contributed by atoms with Crippen molar-refractivity contribution in [2.75, 3.05) is 24.6 Å². The lowest BCUT2D eigenvalue weighted by atomic mass is 10.1. The second kappa shape index (κ2) is 9.35. The number of aliphatic imine (C=N–C) groups is 1. The fourth-order valence-corrected chi connectivity index (χ4v) is 5.25. The third kappa shape index (κ3) is 6.44. The van der Waals surface area contributed by atoms with Gasteiger partial charge in [-0.1, -0.05) is 12.2 Å². The number of hydrogen-bond acceptors (Lipinski definition) is 5. The van der Waals surface area contributed by atoms with Gasteiger partial charge < -0.3 is 10.6 Å². The van der Waals surface area contributed by atoms with Gasteiger partial charge >= 0.3 is 0 Å². The number of rotatable bonds is 5. The van der Waals surface area contributed by atoms with Crippen LogP contribution in [0.1, 0.15) is 31.4 Å². The van der Waals surface area contributed by atoms with Gasteiger partial charge in [-0.15, -0.1) is 24.0 Å². The largest absolute Gasteiger partial charge is 0.356 e. The van der Waals surface area contributed by atoms with E-state index in [0.717, 1.165) is 36.6 Å². The van der Waals surface area contributed by atoms with Crippen molar-refractivity contribution >= 4 is 39.8 Å². The van der Waals surface area contributed by atoms with Crippen LogP contribution in [0.15, 0.2) is 17.1 Å². The van der Waals surface area contributed by atoms with E-state index in [4.69, 9.17) is 0 Å². The highest BCUT2D eigenvalue weighted by Crippen LogP contribution is 2.17. The molecule has 8 nitrogen and oxygen atoms in total. The van der Waals surface area contributed by atoms with Crippen molar-refractivity contribution < 1.29 is 8.42 Å².